The summed E-state index contributed by atoms with van der Waals surface area (Å²) in [5, 5.41) is 0. The first-order chi connectivity index (χ1) is 6.88. The van der Waals surface area contributed by atoms with Gasteiger partial charge in [-0.2, -0.15) is 0 Å². The lowest BCUT2D eigenvalue weighted by Gasteiger charge is -2.50. The molecule has 0 radical (unpaired) electrons. The summed E-state index contributed by atoms with van der Waals surface area (Å²) < 4.78 is 0. The molecule has 4 bridgehead atoms. The lowest BCUT2D eigenvalue weighted by atomic mass is 9.51. The molecule has 0 aromatic carbocycles. The van der Waals surface area contributed by atoms with Crippen LogP contribution in [-0.4, -0.2) is 5.78 Å². The lowest BCUT2D eigenvalue weighted by molar-refractivity contribution is -0.142. The molecule has 4 rings (SSSR count). The molecule has 4 aliphatic rings. The molecule has 4 atom stereocenters. The van der Waals surface area contributed by atoms with Crippen LogP contribution in [0.4, 0.5) is 0 Å². The van der Waals surface area contributed by atoms with Gasteiger partial charge in [0.15, 0.2) is 0 Å². The van der Waals surface area contributed by atoms with Crippen molar-refractivity contribution in [1.82, 2.24) is 0 Å². The maximum absolute atomic E-state index is 12.5. The van der Waals surface area contributed by atoms with Crippen molar-refractivity contribution in [3.63, 3.8) is 0 Å². The van der Waals surface area contributed by atoms with Gasteiger partial charge in [-0.3, -0.25) is 4.79 Å². The Morgan fingerprint density at radius 1 is 1.47 bits per heavy atom. The Balaban J connectivity index is 2.28. The van der Waals surface area contributed by atoms with E-state index in [1.807, 2.05) is 0 Å². The van der Waals surface area contributed by atoms with Crippen molar-refractivity contribution < 1.29 is 4.79 Å². The van der Waals surface area contributed by atoms with E-state index in [0.29, 0.717) is 17.6 Å². The van der Waals surface area contributed by atoms with Crippen LogP contribution in [0.5, 0.6) is 0 Å². The van der Waals surface area contributed by atoms with Crippen molar-refractivity contribution in [3.8, 4) is 0 Å². The van der Waals surface area contributed by atoms with Crippen LogP contribution in [0.2, 0.25) is 0 Å². The molecule has 0 aliphatic heterocycles. The second-order valence-electron chi connectivity index (χ2n) is 6.18. The van der Waals surface area contributed by atoms with Gasteiger partial charge in [0.05, 0.1) is 0 Å². The van der Waals surface area contributed by atoms with Gasteiger partial charge in [0.1, 0.15) is 5.78 Å². The molecule has 2 saturated carbocycles. The van der Waals surface area contributed by atoms with Gasteiger partial charge in [-0.25, -0.2) is 0 Å². The summed E-state index contributed by atoms with van der Waals surface area (Å²) in [4.78, 5) is 12.5. The van der Waals surface area contributed by atoms with E-state index in [1.54, 1.807) is 0 Å². The van der Waals surface area contributed by atoms with Gasteiger partial charge in [0, 0.05) is 10.8 Å². The molecule has 0 saturated heterocycles. The van der Waals surface area contributed by atoms with Crippen molar-refractivity contribution in [2.24, 2.45) is 22.7 Å². The second-order valence-corrected chi connectivity index (χ2v) is 6.18. The molecule has 0 heterocycles. The van der Waals surface area contributed by atoms with Crippen LogP contribution in [0.1, 0.15) is 33.6 Å². The summed E-state index contributed by atoms with van der Waals surface area (Å²) in [7, 11) is 0. The summed E-state index contributed by atoms with van der Waals surface area (Å²) in [6.07, 6.45) is 4.14. The number of carbonyl (C=O) groups excluding carboxylic acids is 1. The summed E-state index contributed by atoms with van der Waals surface area (Å²) in [5.41, 5.74) is 2.41. The number of hydrogen-bond acceptors (Lipinski definition) is 1. The van der Waals surface area contributed by atoms with Crippen LogP contribution < -0.4 is 0 Å². The van der Waals surface area contributed by atoms with E-state index in [4.69, 9.17) is 0 Å². The Labute approximate surface area is 91.2 Å². The maximum Gasteiger partial charge on any atom is 0.149 e. The average Bonchev–Trinajstić information content (AvgIpc) is 2.34. The fourth-order valence-corrected chi connectivity index (χ4v) is 4.61. The molecule has 0 aromatic rings. The van der Waals surface area contributed by atoms with Gasteiger partial charge in [-0.05, 0) is 38.5 Å². The zero-order valence-corrected chi connectivity index (χ0v) is 9.76. The van der Waals surface area contributed by atoms with Crippen molar-refractivity contribution in [1.29, 1.82) is 0 Å². The molecule has 0 spiro atoms. The van der Waals surface area contributed by atoms with E-state index >= 15 is 0 Å². The molecular formula is C14H18O. The van der Waals surface area contributed by atoms with Crippen LogP contribution >= 0.6 is 0 Å². The molecule has 4 unspecified atom stereocenters. The fraction of sp³-hybridized carbons (Fsp3) is 0.643. The van der Waals surface area contributed by atoms with Gasteiger partial charge in [0.2, 0.25) is 0 Å². The van der Waals surface area contributed by atoms with E-state index in [9.17, 15) is 4.79 Å². The van der Waals surface area contributed by atoms with Crippen LogP contribution in [-0.2, 0) is 4.79 Å². The summed E-state index contributed by atoms with van der Waals surface area (Å²) in [6, 6.07) is 0. The average molecular weight is 202 g/mol. The van der Waals surface area contributed by atoms with Gasteiger partial charge in [-0.15, -0.1) is 0 Å². The molecular weight excluding hydrogens is 184 g/mol. The van der Waals surface area contributed by atoms with Crippen molar-refractivity contribution in [2.75, 3.05) is 0 Å². The predicted octanol–water partition coefficient (Wildman–Crippen LogP) is 3.12. The number of hydrogen-bond donors (Lipinski definition) is 0. The van der Waals surface area contributed by atoms with E-state index < -0.39 is 0 Å². The molecule has 1 heteroatoms. The molecule has 0 aromatic heterocycles. The minimum Gasteiger partial charge on any atom is -0.298 e. The number of allylic oxidation sites excluding steroid dienone is 3. The highest BCUT2D eigenvalue weighted by atomic mass is 16.1. The van der Waals surface area contributed by atoms with Crippen molar-refractivity contribution >= 4 is 5.78 Å². The highest BCUT2D eigenvalue weighted by Crippen LogP contribution is 2.66. The Hall–Kier alpha value is -0.850. The minimum atomic E-state index is -0.197. The highest BCUT2D eigenvalue weighted by molar-refractivity contribution is 5.96. The van der Waals surface area contributed by atoms with Gasteiger partial charge >= 0.3 is 0 Å². The van der Waals surface area contributed by atoms with Crippen LogP contribution in [0.15, 0.2) is 23.8 Å². The largest absolute Gasteiger partial charge is 0.298 e. The summed E-state index contributed by atoms with van der Waals surface area (Å²) in [6.45, 7) is 10.6. The molecule has 2 fully saturated rings. The molecule has 0 amide bonds. The normalized spacial score (nSPS) is 52.3. The van der Waals surface area contributed by atoms with E-state index in [1.165, 1.54) is 11.1 Å². The predicted molar refractivity (Wildman–Crippen MR) is 60.3 cm³/mol. The molecule has 15 heavy (non-hydrogen) atoms. The first-order valence-electron chi connectivity index (χ1n) is 5.80. The maximum atomic E-state index is 12.5. The number of carbonyl (C=O) groups is 1. The fourth-order valence-electron chi connectivity index (χ4n) is 4.61. The van der Waals surface area contributed by atoms with Crippen LogP contribution in [0, 0.1) is 22.7 Å². The smallest absolute Gasteiger partial charge is 0.149 e. The quantitative estimate of drug-likeness (QED) is 0.551. The zero-order chi connectivity index (χ0) is 11.0. The Kier molecular flexibility index (Phi) is 1.43. The van der Waals surface area contributed by atoms with Gasteiger partial charge < -0.3 is 0 Å². The van der Waals surface area contributed by atoms with E-state index in [2.05, 4.69) is 33.4 Å². The topological polar surface area (TPSA) is 17.1 Å². The van der Waals surface area contributed by atoms with Crippen molar-refractivity contribution in [3.05, 3.63) is 23.8 Å². The lowest BCUT2D eigenvalue weighted by Crippen LogP contribution is -2.52. The Morgan fingerprint density at radius 3 is 2.80 bits per heavy atom. The number of rotatable bonds is 0. The van der Waals surface area contributed by atoms with Gasteiger partial charge in [0.25, 0.3) is 0 Å². The van der Waals surface area contributed by atoms with Gasteiger partial charge in [-0.1, -0.05) is 30.7 Å². The van der Waals surface area contributed by atoms with Crippen molar-refractivity contribution in [2.45, 2.75) is 33.6 Å². The van der Waals surface area contributed by atoms with E-state index in [0.717, 1.165) is 12.8 Å². The Morgan fingerprint density at radius 2 is 2.13 bits per heavy atom. The monoisotopic (exact) mass is 202 g/mol. The molecule has 4 aliphatic carbocycles. The SMILES string of the molecule is C=C1CC2(C)C(=O)C3(C)C=C(C)C2C1C3. The second kappa shape index (κ2) is 2.28. The third-order valence-corrected chi connectivity index (χ3v) is 4.93. The Bertz CT molecular complexity index is 417. The number of Topliss-reactive ketones (excluding diaryl/α,β-unsaturated/α-hetero) is 1. The first-order valence-corrected chi connectivity index (χ1v) is 5.80. The third kappa shape index (κ3) is 0.839. The third-order valence-electron chi connectivity index (χ3n) is 4.93. The standard InChI is InChI=1S/C14H18O/c1-8-6-14(4)11-9(2)5-13(3,12(14)15)7-10(8)11/h5,10-11H,1,6-7H2,2-4H3. The summed E-state index contributed by atoms with van der Waals surface area (Å²) >= 11 is 0. The highest BCUT2D eigenvalue weighted by Gasteiger charge is 2.64. The van der Waals surface area contributed by atoms with Crippen LogP contribution in [0.3, 0.4) is 0 Å². The summed E-state index contributed by atoms with van der Waals surface area (Å²) in [5.74, 6) is 1.49. The minimum absolute atomic E-state index is 0.131. The van der Waals surface area contributed by atoms with Crippen LogP contribution in [0.25, 0.3) is 0 Å². The first kappa shape index (κ1) is 9.38. The van der Waals surface area contributed by atoms with E-state index in [-0.39, 0.29) is 10.8 Å². The molecule has 0 N–H and O–H groups in total. The molecule has 1 nitrogen and oxygen atoms in total. The number of ketones is 1. The molecule has 80 valence electrons. The zero-order valence-electron chi connectivity index (χ0n) is 9.76.